The van der Waals surface area contributed by atoms with Crippen LogP contribution < -0.4 is 5.32 Å². The first-order valence-electron chi connectivity index (χ1n) is 6.73. The van der Waals surface area contributed by atoms with Gasteiger partial charge in [-0.2, -0.15) is 5.21 Å². The maximum atomic E-state index is 11.9. The summed E-state index contributed by atoms with van der Waals surface area (Å²) < 4.78 is 5.96. The van der Waals surface area contributed by atoms with Crippen molar-refractivity contribution in [2.75, 3.05) is 5.32 Å². The number of aromatic amines is 1. The van der Waals surface area contributed by atoms with E-state index in [1.165, 1.54) is 0 Å². The molecule has 0 aliphatic heterocycles. The molecule has 0 atom stereocenters. The van der Waals surface area contributed by atoms with Gasteiger partial charge in [0.2, 0.25) is 5.82 Å². The highest BCUT2D eigenvalue weighted by Gasteiger charge is 2.09. The SMILES string of the molecule is O=C(Nc1cc(Br)cc(-c2nn[nH]n2)c1)OCc1ccccc1. The van der Waals surface area contributed by atoms with Gasteiger partial charge < -0.3 is 4.74 Å². The van der Waals surface area contributed by atoms with Crippen LogP contribution in [0.25, 0.3) is 11.4 Å². The summed E-state index contributed by atoms with van der Waals surface area (Å²) in [5.41, 5.74) is 2.20. The summed E-state index contributed by atoms with van der Waals surface area (Å²) in [5.74, 6) is 0.437. The topological polar surface area (TPSA) is 92.8 Å². The minimum Gasteiger partial charge on any atom is -0.444 e. The van der Waals surface area contributed by atoms with Crippen molar-refractivity contribution in [3.63, 3.8) is 0 Å². The molecule has 0 aliphatic carbocycles. The van der Waals surface area contributed by atoms with Crippen LogP contribution in [0.3, 0.4) is 0 Å². The number of nitrogens with zero attached hydrogens (tertiary/aromatic N) is 3. The van der Waals surface area contributed by atoms with Gasteiger partial charge in [0.1, 0.15) is 6.61 Å². The summed E-state index contributed by atoms with van der Waals surface area (Å²) in [5, 5.41) is 16.4. The van der Waals surface area contributed by atoms with Gasteiger partial charge in [-0.1, -0.05) is 46.3 Å². The van der Waals surface area contributed by atoms with E-state index in [2.05, 4.69) is 41.9 Å². The van der Waals surface area contributed by atoms with E-state index >= 15 is 0 Å². The quantitative estimate of drug-likeness (QED) is 0.730. The number of H-pyrrole nitrogens is 1. The van der Waals surface area contributed by atoms with Crippen molar-refractivity contribution in [2.24, 2.45) is 0 Å². The highest BCUT2D eigenvalue weighted by molar-refractivity contribution is 9.10. The number of tetrazole rings is 1. The third kappa shape index (κ3) is 4.13. The smallest absolute Gasteiger partial charge is 0.411 e. The van der Waals surface area contributed by atoms with Crippen molar-refractivity contribution < 1.29 is 9.53 Å². The molecule has 116 valence electrons. The molecule has 1 amide bonds. The average Bonchev–Trinajstić information content (AvgIpc) is 3.08. The van der Waals surface area contributed by atoms with Gasteiger partial charge in [-0.25, -0.2) is 4.79 Å². The Morgan fingerprint density at radius 3 is 2.78 bits per heavy atom. The number of hydrogen-bond acceptors (Lipinski definition) is 5. The molecule has 3 rings (SSSR count). The molecule has 3 aromatic rings. The number of anilines is 1. The number of halogens is 1. The first-order valence-corrected chi connectivity index (χ1v) is 7.52. The van der Waals surface area contributed by atoms with Gasteiger partial charge in [-0.15, -0.1) is 10.2 Å². The summed E-state index contributed by atoms with van der Waals surface area (Å²) in [6.45, 7) is 0.207. The second-order valence-corrected chi connectivity index (χ2v) is 5.57. The zero-order valence-electron chi connectivity index (χ0n) is 11.9. The maximum Gasteiger partial charge on any atom is 0.411 e. The second kappa shape index (κ2) is 7.01. The lowest BCUT2D eigenvalue weighted by Gasteiger charge is -2.08. The third-order valence-corrected chi connectivity index (χ3v) is 3.42. The van der Waals surface area contributed by atoms with E-state index in [-0.39, 0.29) is 6.61 Å². The Morgan fingerprint density at radius 1 is 1.22 bits per heavy atom. The van der Waals surface area contributed by atoms with Gasteiger partial charge in [0.05, 0.1) is 0 Å². The Bertz CT molecular complexity index is 793. The fourth-order valence-electron chi connectivity index (χ4n) is 1.95. The lowest BCUT2D eigenvalue weighted by Crippen LogP contribution is -2.13. The van der Waals surface area contributed by atoms with E-state index in [9.17, 15) is 4.79 Å². The molecule has 0 aliphatic rings. The summed E-state index contributed by atoms with van der Waals surface area (Å²) in [4.78, 5) is 11.9. The van der Waals surface area contributed by atoms with Crippen LogP contribution >= 0.6 is 15.9 Å². The molecule has 0 saturated heterocycles. The van der Waals surface area contributed by atoms with Gasteiger partial charge >= 0.3 is 6.09 Å². The predicted molar refractivity (Wildman–Crippen MR) is 87.6 cm³/mol. The molecule has 1 heterocycles. The molecule has 1 aromatic heterocycles. The second-order valence-electron chi connectivity index (χ2n) is 4.65. The molecule has 2 N–H and O–H groups in total. The number of benzene rings is 2. The summed E-state index contributed by atoms with van der Waals surface area (Å²) >= 11 is 3.39. The number of carbonyl (C=O) groups excluding carboxylic acids is 1. The first-order chi connectivity index (χ1) is 11.2. The molecule has 8 heteroatoms. The highest BCUT2D eigenvalue weighted by atomic mass is 79.9. The fourth-order valence-corrected chi connectivity index (χ4v) is 2.45. The number of amides is 1. The zero-order valence-corrected chi connectivity index (χ0v) is 13.4. The molecular formula is C15H12BrN5O2. The van der Waals surface area contributed by atoms with E-state index in [4.69, 9.17) is 4.74 Å². The van der Waals surface area contributed by atoms with E-state index in [0.717, 1.165) is 10.0 Å². The number of rotatable bonds is 4. The van der Waals surface area contributed by atoms with Crippen LogP contribution in [-0.4, -0.2) is 26.7 Å². The van der Waals surface area contributed by atoms with E-state index in [1.54, 1.807) is 12.1 Å². The van der Waals surface area contributed by atoms with Crippen LogP contribution in [0.4, 0.5) is 10.5 Å². The Morgan fingerprint density at radius 2 is 2.04 bits per heavy atom. The summed E-state index contributed by atoms with van der Waals surface area (Å²) in [6.07, 6.45) is -0.536. The Labute approximate surface area is 140 Å². The number of aromatic nitrogens is 4. The van der Waals surface area contributed by atoms with E-state index in [0.29, 0.717) is 17.1 Å². The minimum atomic E-state index is -0.536. The van der Waals surface area contributed by atoms with Crippen LogP contribution in [0.1, 0.15) is 5.56 Å². The molecule has 0 saturated carbocycles. The molecular weight excluding hydrogens is 362 g/mol. The van der Waals surface area contributed by atoms with Crippen molar-refractivity contribution in [3.05, 3.63) is 58.6 Å². The van der Waals surface area contributed by atoms with E-state index in [1.807, 2.05) is 36.4 Å². The molecule has 2 aromatic carbocycles. The number of ether oxygens (including phenoxy) is 1. The highest BCUT2D eigenvalue weighted by Crippen LogP contribution is 2.25. The predicted octanol–water partition coefficient (Wildman–Crippen LogP) is 3.38. The monoisotopic (exact) mass is 373 g/mol. The molecule has 0 spiro atoms. The van der Waals surface area contributed by atoms with Crippen LogP contribution in [0.15, 0.2) is 53.0 Å². The lowest BCUT2D eigenvalue weighted by atomic mass is 10.2. The molecule has 0 unspecified atom stereocenters. The zero-order chi connectivity index (χ0) is 16.1. The van der Waals surface area contributed by atoms with Crippen molar-refractivity contribution in [1.82, 2.24) is 20.6 Å². The minimum absolute atomic E-state index is 0.207. The molecule has 23 heavy (non-hydrogen) atoms. The van der Waals surface area contributed by atoms with E-state index < -0.39 is 6.09 Å². The van der Waals surface area contributed by atoms with Crippen LogP contribution in [0, 0.1) is 0 Å². The van der Waals surface area contributed by atoms with Gasteiger partial charge in [0.25, 0.3) is 0 Å². The normalized spacial score (nSPS) is 10.3. The van der Waals surface area contributed by atoms with Crippen LogP contribution in [0.2, 0.25) is 0 Å². The van der Waals surface area contributed by atoms with Crippen molar-refractivity contribution in [2.45, 2.75) is 6.61 Å². The van der Waals surface area contributed by atoms with Crippen molar-refractivity contribution in [1.29, 1.82) is 0 Å². The summed E-state index contributed by atoms with van der Waals surface area (Å²) in [6, 6.07) is 14.8. The van der Waals surface area contributed by atoms with Gasteiger partial charge in [0.15, 0.2) is 0 Å². The Balaban J connectivity index is 1.66. The van der Waals surface area contributed by atoms with Crippen molar-refractivity contribution in [3.8, 4) is 11.4 Å². The van der Waals surface area contributed by atoms with Gasteiger partial charge in [-0.3, -0.25) is 5.32 Å². The molecule has 0 fully saturated rings. The number of carbonyl (C=O) groups is 1. The first kappa shape index (κ1) is 15.2. The largest absolute Gasteiger partial charge is 0.444 e. The Kier molecular flexibility index (Phi) is 4.62. The Hall–Kier alpha value is -2.74. The standard InChI is InChI=1S/C15H12BrN5O2/c16-12-6-11(14-18-20-21-19-14)7-13(8-12)17-15(22)23-9-10-4-2-1-3-5-10/h1-8H,9H2,(H,17,22)(H,18,19,20,21). The number of hydrogen-bond donors (Lipinski definition) is 2. The van der Waals surface area contributed by atoms with Crippen LogP contribution in [-0.2, 0) is 11.3 Å². The third-order valence-electron chi connectivity index (χ3n) is 2.96. The lowest BCUT2D eigenvalue weighted by molar-refractivity contribution is 0.155. The average molecular weight is 374 g/mol. The molecule has 0 bridgehead atoms. The number of nitrogens with one attached hydrogen (secondary N) is 2. The maximum absolute atomic E-state index is 11.9. The van der Waals surface area contributed by atoms with Gasteiger partial charge in [0, 0.05) is 15.7 Å². The van der Waals surface area contributed by atoms with Crippen molar-refractivity contribution >= 4 is 27.7 Å². The molecule has 7 nitrogen and oxygen atoms in total. The summed E-state index contributed by atoms with van der Waals surface area (Å²) in [7, 11) is 0. The van der Waals surface area contributed by atoms with Gasteiger partial charge in [-0.05, 0) is 29.0 Å². The fraction of sp³-hybridized carbons (Fsp3) is 0.0667. The molecule has 0 radical (unpaired) electrons. The van der Waals surface area contributed by atoms with Crippen LogP contribution in [0.5, 0.6) is 0 Å².